The van der Waals surface area contributed by atoms with Crippen molar-refractivity contribution in [2.24, 2.45) is 4.99 Å². The number of thioether (sulfide) groups is 1. The molecule has 0 N–H and O–H groups in total. The molecule has 0 spiro atoms. The van der Waals surface area contributed by atoms with E-state index < -0.39 is 5.97 Å². The van der Waals surface area contributed by atoms with Crippen molar-refractivity contribution >= 4 is 40.6 Å². The highest BCUT2D eigenvalue weighted by molar-refractivity contribution is 8.18. The lowest BCUT2D eigenvalue weighted by atomic mass is 10.1. The van der Waals surface area contributed by atoms with Gasteiger partial charge >= 0.3 is 5.97 Å². The number of rotatable bonds is 9. The first-order valence-electron chi connectivity index (χ1n) is 12.0. The molecule has 1 saturated heterocycles. The topological polar surface area (TPSA) is 77.4 Å². The zero-order chi connectivity index (χ0) is 26.2. The highest BCUT2D eigenvalue weighted by Crippen LogP contribution is 2.35. The molecular formula is C29H28N2O5S. The number of likely N-dealkylation sites (N-methyl/N-ethyl adjacent to an activating group) is 1. The molecule has 0 aromatic heterocycles. The Bertz CT molecular complexity index is 1340. The van der Waals surface area contributed by atoms with Crippen LogP contribution in [0.4, 0.5) is 5.69 Å². The van der Waals surface area contributed by atoms with Gasteiger partial charge < -0.3 is 14.2 Å². The van der Waals surface area contributed by atoms with Crippen molar-refractivity contribution in [1.82, 2.24) is 4.90 Å². The molecule has 3 aromatic carbocycles. The summed E-state index contributed by atoms with van der Waals surface area (Å²) in [6, 6.07) is 22.4. The monoisotopic (exact) mass is 516 g/mol. The Morgan fingerprint density at radius 2 is 1.76 bits per heavy atom. The number of hydrogen-bond acceptors (Lipinski definition) is 7. The van der Waals surface area contributed by atoms with E-state index in [4.69, 9.17) is 14.2 Å². The van der Waals surface area contributed by atoms with Crippen LogP contribution in [-0.4, -0.2) is 42.2 Å². The first-order valence-corrected chi connectivity index (χ1v) is 12.8. The van der Waals surface area contributed by atoms with Crippen LogP contribution in [0.2, 0.25) is 0 Å². The van der Waals surface area contributed by atoms with Gasteiger partial charge in [-0.15, -0.1) is 0 Å². The van der Waals surface area contributed by atoms with Crippen LogP contribution in [0, 0.1) is 0 Å². The Hall–Kier alpha value is -4.04. The molecule has 0 unspecified atom stereocenters. The minimum atomic E-state index is -0.407. The number of hydrogen-bond donors (Lipinski definition) is 0. The molecule has 190 valence electrons. The molecule has 8 heteroatoms. The molecule has 1 heterocycles. The van der Waals surface area contributed by atoms with E-state index in [-0.39, 0.29) is 5.91 Å². The number of benzene rings is 3. The summed E-state index contributed by atoms with van der Waals surface area (Å²) in [7, 11) is 1.68. The van der Waals surface area contributed by atoms with Gasteiger partial charge in [-0.05, 0) is 73.1 Å². The SMILES string of the molecule is CCOC(=O)c1cccc(N=C2SC(=Cc3ccc(OCc4ccccc4)c(OCC)c3)C(=O)N2C)c1. The Morgan fingerprint density at radius 1 is 0.946 bits per heavy atom. The van der Waals surface area contributed by atoms with Crippen molar-refractivity contribution in [2.45, 2.75) is 20.5 Å². The van der Waals surface area contributed by atoms with Crippen molar-refractivity contribution in [3.8, 4) is 11.5 Å². The maximum absolute atomic E-state index is 12.9. The van der Waals surface area contributed by atoms with Crippen molar-refractivity contribution in [3.63, 3.8) is 0 Å². The van der Waals surface area contributed by atoms with Crippen LogP contribution in [0.15, 0.2) is 82.7 Å². The van der Waals surface area contributed by atoms with E-state index in [1.807, 2.05) is 61.5 Å². The van der Waals surface area contributed by atoms with Crippen LogP contribution in [0.3, 0.4) is 0 Å². The van der Waals surface area contributed by atoms with Crippen LogP contribution in [-0.2, 0) is 16.1 Å². The molecule has 4 rings (SSSR count). The smallest absolute Gasteiger partial charge is 0.338 e. The first-order chi connectivity index (χ1) is 18.0. The molecular weight excluding hydrogens is 488 g/mol. The summed E-state index contributed by atoms with van der Waals surface area (Å²) in [5.41, 5.74) is 2.85. The van der Waals surface area contributed by atoms with E-state index in [2.05, 4.69) is 4.99 Å². The summed E-state index contributed by atoms with van der Waals surface area (Å²) in [6.07, 6.45) is 1.81. The zero-order valence-corrected chi connectivity index (χ0v) is 21.8. The van der Waals surface area contributed by atoms with Crippen LogP contribution in [0.1, 0.15) is 35.3 Å². The zero-order valence-electron chi connectivity index (χ0n) is 21.0. The van der Waals surface area contributed by atoms with Crippen LogP contribution < -0.4 is 9.47 Å². The standard InChI is InChI=1S/C29H28N2O5S/c1-4-34-25-16-21(14-15-24(25)36-19-20-10-7-6-8-11-20)17-26-27(32)31(3)29(37-26)30-23-13-9-12-22(18-23)28(33)35-5-2/h6-18H,4-5,19H2,1-3H3. The number of nitrogens with zero attached hydrogens (tertiary/aromatic N) is 2. The fourth-order valence-electron chi connectivity index (χ4n) is 3.57. The van der Waals surface area contributed by atoms with Crippen molar-refractivity contribution in [3.05, 3.63) is 94.4 Å². The predicted octanol–water partition coefficient (Wildman–Crippen LogP) is 6.07. The summed E-state index contributed by atoms with van der Waals surface area (Å²) in [4.78, 5) is 31.6. The van der Waals surface area contributed by atoms with Crippen molar-refractivity contribution < 1.29 is 23.8 Å². The molecule has 0 radical (unpaired) electrons. The first kappa shape index (κ1) is 26.0. The molecule has 1 aliphatic heterocycles. The second-order valence-electron chi connectivity index (χ2n) is 8.05. The lowest BCUT2D eigenvalue weighted by molar-refractivity contribution is -0.121. The van der Waals surface area contributed by atoms with Gasteiger partial charge in [-0.2, -0.15) is 0 Å². The molecule has 7 nitrogen and oxygen atoms in total. The van der Waals surface area contributed by atoms with E-state index in [0.717, 1.165) is 11.1 Å². The van der Waals surface area contributed by atoms with Gasteiger partial charge in [0.05, 0.1) is 29.4 Å². The predicted molar refractivity (Wildman–Crippen MR) is 146 cm³/mol. The molecule has 37 heavy (non-hydrogen) atoms. The van der Waals surface area contributed by atoms with Gasteiger partial charge in [0.15, 0.2) is 16.7 Å². The van der Waals surface area contributed by atoms with Crippen LogP contribution in [0.25, 0.3) is 6.08 Å². The fourth-order valence-corrected chi connectivity index (χ4v) is 4.55. The van der Waals surface area contributed by atoms with Gasteiger partial charge in [0.2, 0.25) is 0 Å². The number of amides is 1. The lowest BCUT2D eigenvalue weighted by Crippen LogP contribution is -2.23. The molecule has 3 aromatic rings. The molecule has 0 bridgehead atoms. The molecule has 0 saturated carbocycles. The summed E-state index contributed by atoms with van der Waals surface area (Å²) in [6.45, 7) is 4.88. The number of ether oxygens (including phenoxy) is 3. The van der Waals surface area contributed by atoms with Crippen molar-refractivity contribution in [2.75, 3.05) is 20.3 Å². The maximum atomic E-state index is 12.9. The molecule has 0 atom stereocenters. The highest BCUT2D eigenvalue weighted by atomic mass is 32.2. The normalized spacial score (nSPS) is 15.3. The third kappa shape index (κ3) is 6.59. The Kier molecular flexibility index (Phi) is 8.64. The number of carbonyl (C=O) groups is 2. The van der Waals surface area contributed by atoms with Gasteiger partial charge in [-0.1, -0.05) is 42.5 Å². The minimum absolute atomic E-state index is 0.160. The Balaban J connectivity index is 1.53. The largest absolute Gasteiger partial charge is 0.490 e. The van der Waals surface area contributed by atoms with Crippen LogP contribution >= 0.6 is 11.8 Å². The Labute approximate surface area is 220 Å². The van der Waals surface area contributed by atoms with E-state index >= 15 is 0 Å². The number of amidine groups is 1. The summed E-state index contributed by atoms with van der Waals surface area (Å²) in [5.74, 6) is 0.683. The average molecular weight is 517 g/mol. The summed E-state index contributed by atoms with van der Waals surface area (Å²) in [5, 5.41) is 0.519. The molecule has 1 amide bonds. The maximum Gasteiger partial charge on any atom is 0.338 e. The highest BCUT2D eigenvalue weighted by Gasteiger charge is 2.30. The molecule has 1 aliphatic rings. The summed E-state index contributed by atoms with van der Waals surface area (Å²) >= 11 is 1.27. The van der Waals surface area contributed by atoms with Crippen molar-refractivity contribution in [1.29, 1.82) is 0 Å². The van der Waals surface area contributed by atoms with E-state index in [1.54, 1.807) is 38.2 Å². The summed E-state index contributed by atoms with van der Waals surface area (Å²) < 4.78 is 16.9. The average Bonchev–Trinajstić information content (AvgIpc) is 3.17. The van der Waals surface area contributed by atoms with E-state index in [1.165, 1.54) is 16.7 Å². The number of aliphatic imine (C=N–C) groups is 1. The second-order valence-corrected chi connectivity index (χ2v) is 9.06. The van der Waals surface area contributed by atoms with Gasteiger partial charge in [-0.25, -0.2) is 9.79 Å². The number of esters is 1. The second kappa shape index (κ2) is 12.3. The quantitative estimate of drug-likeness (QED) is 0.254. The third-order valence-electron chi connectivity index (χ3n) is 5.39. The minimum Gasteiger partial charge on any atom is -0.490 e. The third-order valence-corrected chi connectivity index (χ3v) is 6.45. The lowest BCUT2D eigenvalue weighted by Gasteiger charge is -2.13. The van der Waals surface area contributed by atoms with Gasteiger partial charge in [-0.3, -0.25) is 9.69 Å². The van der Waals surface area contributed by atoms with Gasteiger partial charge in [0, 0.05) is 7.05 Å². The Morgan fingerprint density at radius 3 is 2.51 bits per heavy atom. The van der Waals surface area contributed by atoms with E-state index in [9.17, 15) is 9.59 Å². The number of carbonyl (C=O) groups excluding carboxylic acids is 2. The van der Waals surface area contributed by atoms with Crippen LogP contribution in [0.5, 0.6) is 11.5 Å². The van der Waals surface area contributed by atoms with E-state index in [0.29, 0.717) is 52.6 Å². The van der Waals surface area contributed by atoms with Gasteiger partial charge in [0.1, 0.15) is 6.61 Å². The molecule has 0 aliphatic carbocycles. The molecule has 1 fully saturated rings. The fraction of sp³-hybridized carbons (Fsp3) is 0.207. The van der Waals surface area contributed by atoms with Gasteiger partial charge in [0.25, 0.3) is 5.91 Å².